The average molecular weight is 242 g/mol. The predicted molar refractivity (Wildman–Crippen MR) is 73.4 cm³/mol. The van der Waals surface area contributed by atoms with Crippen LogP contribution < -0.4 is 4.74 Å². The Bertz CT molecular complexity index is 532. The third-order valence-corrected chi connectivity index (χ3v) is 3.31. The van der Waals surface area contributed by atoms with Crippen LogP contribution in [0.2, 0.25) is 0 Å². The Labute approximate surface area is 108 Å². The smallest absolute Gasteiger partial charge is 0.122 e. The van der Waals surface area contributed by atoms with E-state index in [2.05, 4.69) is 19.1 Å². The summed E-state index contributed by atoms with van der Waals surface area (Å²) in [5, 5.41) is 10.2. The van der Waals surface area contributed by atoms with Crippen molar-refractivity contribution in [2.24, 2.45) is 0 Å². The summed E-state index contributed by atoms with van der Waals surface area (Å²) in [4.78, 5) is 0. The summed E-state index contributed by atoms with van der Waals surface area (Å²) in [6.45, 7) is 3.97. The number of hydrogen-bond acceptors (Lipinski definition) is 2. The SMILES string of the molecule is COc1cc(C)c(O)c(C(C)c2ccccc2)c1. The summed E-state index contributed by atoms with van der Waals surface area (Å²) in [5.74, 6) is 1.27. The van der Waals surface area contributed by atoms with Crippen molar-refractivity contribution >= 4 is 0 Å². The van der Waals surface area contributed by atoms with Crippen molar-refractivity contribution in [1.29, 1.82) is 0 Å². The number of methoxy groups -OCH3 is 1. The van der Waals surface area contributed by atoms with Crippen LogP contribution in [0.25, 0.3) is 0 Å². The van der Waals surface area contributed by atoms with Crippen LogP contribution in [0.3, 0.4) is 0 Å². The second-order valence-electron chi connectivity index (χ2n) is 4.51. The molecule has 94 valence electrons. The van der Waals surface area contributed by atoms with E-state index in [1.54, 1.807) is 7.11 Å². The maximum absolute atomic E-state index is 10.2. The number of benzene rings is 2. The fraction of sp³-hybridized carbons (Fsp3) is 0.250. The van der Waals surface area contributed by atoms with Crippen molar-refractivity contribution < 1.29 is 9.84 Å². The van der Waals surface area contributed by atoms with Crippen LogP contribution in [-0.4, -0.2) is 12.2 Å². The lowest BCUT2D eigenvalue weighted by molar-refractivity contribution is 0.409. The van der Waals surface area contributed by atoms with Gasteiger partial charge in [0, 0.05) is 11.5 Å². The molecule has 2 heteroatoms. The van der Waals surface area contributed by atoms with Gasteiger partial charge in [-0.05, 0) is 30.2 Å². The summed E-state index contributed by atoms with van der Waals surface area (Å²) < 4.78 is 5.27. The van der Waals surface area contributed by atoms with Crippen LogP contribution in [-0.2, 0) is 0 Å². The van der Waals surface area contributed by atoms with E-state index >= 15 is 0 Å². The van der Waals surface area contributed by atoms with E-state index in [9.17, 15) is 5.11 Å². The number of phenolic OH excluding ortho intramolecular Hbond substituents is 1. The number of hydrogen-bond donors (Lipinski definition) is 1. The first kappa shape index (κ1) is 12.5. The molecular weight excluding hydrogens is 224 g/mol. The van der Waals surface area contributed by atoms with Crippen LogP contribution in [0, 0.1) is 6.92 Å². The maximum atomic E-state index is 10.2. The molecule has 0 fully saturated rings. The summed E-state index contributed by atoms with van der Waals surface area (Å²) in [6, 6.07) is 13.9. The van der Waals surface area contributed by atoms with E-state index < -0.39 is 0 Å². The lowest BCUT2D eigenvalue weighted by Crippen LogP contribution is -1.98. The number of rotatable bonds is 3. The van der Waals surface area contributed by atoms with E-state index in [0.717, 1.165) is 16.9 Å². The van der Waals surface area contributed by atoms with Gasteiger partial charge in [-0.2, -0.15) is 0 Å². The fourth-order valence-electron chi connectivity index (χ4n) is 2.14. The molecular formula is C16H18O2. The normalized spacial score (nSPS) is 12.2. The molecule has 2 nitrogen and oxygen atoms in total. The van der Waals surface area contributed by atoms with Gasteiger partial charge in [0.15, 0.2) is 0 Å². The molecule has 1 unspecified atom stereocenters. The summed E-state index contributed by atoms with van der Waals surface area (Å²) >= 11 is 0. The molecule has 0 amide bonds. The lowest BCUT2D eigenvalue weighted by Gasteiger charge is -2.17. The van der Waals surface area contributed by atoms with Crippen molar-refractivity contribution in [2.45, 2.75) is 19.8 Å². The predicted octanol–water partition coefficient (Wildman–Crippen LogP) is 3.86. The monoisotopic (exact) mass is 242 g/mol. The van der Waals surface area contributed by atoms with Crippen LogP contribution in [0.1, 0.15) is 29.5 Å². The second kappa shape index (κ2) is 5.13. The minimum absolute atomic E-state index is 0.139. The van der Waals surface area contributed by atoms with Crippen molar-refractivity contribution in [3.05, 3.63) is 59.2 Å². The van der Waals surface area contributed by atoms with Crippen LogP contribution in [0.5, 0.6) is 11.5 Å². The minimum Gasteiger partial charge on any atom is -0.507 e. The zero-order valence-corrected chi connectivity index (χ0v) is 11.0. The average Bonchev–Trinajstić information content (AvgIpc) is 2.42. The Morgan fingerprint density at radius 1 is 1.11 bits per heavy atom. The van der Waals surface area contributed by atoms with Gasteiger partial charge in [-0.15, -0.1) is 0 Å². The zero-order valence-electron chi connectivity index (χ0n) is 11.0. The molecule has 0 aliphatic rings. The largest absolute Gasteiger partial charge is 0.507 e. The topological polar surface area (TPSA) is 29.5 Å². The second-order valence-corrected chi connectivity index (χ2v) is 4.51. The molecule has 2 rings (SSSR count). The Morgan fingerprint density at radius 3 is 2.39 bits per heavy atom. The Hall–Kier alpha value is -1.96. The van der Waals surface area contributed by atoms with Gasteiger partial charge in [-0.1, -0.05) is 37.3 Å². The van der Waals surface area contributed by atoms with Gasteiger partial charge >= 0.3 is 0 Å². The van der Waals surface area contributed by atoms with E-state index in [-0.39, 0.29) is 5.92 Å². The molecule has 0 saturated heterocycles. The van der Waals surface area contributed by atoms with E-state index in [1.807, 2.05) is 37.3 Å². The van der Waals surface area contributed by atoms with Gasteiger partial charge in [0.05, 0.1) is 7.11 Å². The molecule has 0 radical (unpaired) electrons. The molecule has 0 aliphatic carbocycles. The van der Waals surface area contributed by atoms with Gasteiger partial charge < -0.3 is 9.84 Å². The van der Waals surface area contributed by atoms with Crippen LogP contribution in [0.4, 0.5) is 0 Å². The first-order chi connectivity index (χ1) is 8.63. The highest BCUT2D eigenvalue weighted by molar-refractivity contribution is 5.49. The lowest BCUT2D eigenvalue weighted by atomic mass is 9.91. The Kier molecular flexibility index (Phi) is 3.56. The maximum Gasteiger partial charge on any atom is 0.122 e. The Balaban J connectivity index is 2.47. The van der Waals surface area contributed by atoms with Gasteiger partial charge in [0.2, 0.25) is 0 Å². The van der Waals surface area contributed by atoms with Gasteiger partial charge in [-0.3, -0.25) is 0 Å². The third-order valence-electron chi connectivity index (χ3n) is 3.31. The number of ether oxygens (including phenoxy) is 1. The zero-order chi connectivity index (χ0) is 13.1. The van der Waals surface area contributed by atoms with E-state index in [0.29, 0.717) is 5.75 Å². The standard InChI is InChI=1S/C16H18O2/c1-11-9-14(18-3)10-15(16(11)17)12(2)13-7-5-4-6-8-13/h4-10,12,17H,1-3H3. The molecule has 0 bridgehead atoms. The van der Waals surface area contributed by atoms with Crippen molar-refractivity contribution in [1.82, 2.24) is 0 Å². The third kappa shape index (κ3) is 2.33. The van der Waals surface area contributed by atoms with E-state index in [4.69, 9.17) is 4.74 Å². The summed E-state index contributed by atoms with van der Waals surface area (Å²) in [7, 11) is 1.64. The molecule has 2 aromatic rings. The quantitative estimate of drug-likeness (QED) is 0.885. The highest BCUT2D eigenvalue weighted by Gasteiger charge is 2.15. The summed E-state index contributed by atoms with van der Waals surface area (Å²) in [6.07, 6.45) is 0. The number of aryl methyl sites for hydroxylation is 1. The molecule has 0 aliphatic heterocycles. The molecule has 18 heavy (non-hydrogen) atoms. The molecule has 0 saturated carbocycles. The van der Waals surface area contributed by atoms with Crippen LogP contribution in [0.15, 0.2) is 42.5 Å². The summed E-state index contributed by atoms with van der Waals surface area (Å²) in [5.41, 5.74) is 2.92. The fourth-order valence-corrected chi connectivity index (χ4v) is 2.14. The molecule has 1 N–H and O–H groups in total. The Morgan fingerprint density at radius 2 is 1.78 bits per heavy atom. The molecule has 0 spiro atoms. The van der Waals surface area contributed by atoms with Gasteiger partial charge in [-0.25, -0.2) is 0 Å². The number of phenols is 1. The molecule has 0 heterocycles. The molecule has 1 atom stereocenters. The van der Waals surface area contributed by atoms with Gasteiger partial charge in [0.25, 0.3) is 0 Å². The van der Waals surface area contributed by atoms with Crippen LogP contribution >= 0.6 is 0 Å². The number of aromatic hydroxyl groups is 1. The molecule has 0 aromatic heterocycles. The first-order valence-corrected chi connectivity index (χ1v) is 6.06. The highest BCUT2D eigenvalue weighted by atomic mass is 16.5. The molecule has 2 aromatic carbocycles. The van der Waals surface area contributed by atoms with Crippen molar-refractivity contribution in [3.8, 4) is 11.5 Å². The first-order valence-electron chi connectivity index (χ1n) is 6.06. The van der Waals surface area contributed by atoms with Gasteiger partial charge in [0.1, 0.15) is 11.5 Å². The minimum atomic E-state index is 0.139. The van der Waals surface area contributed by atoms with Crippen molar-refractivity contribution in [3.63, 3.8) is 0 Å². The van der Waals surface area contributed by atoms with E-state index in [1.165, 1.54) is 5.56 Å². The highest BCUT2D eigenvalue weighted by Crippen LogP contribution is 2.36. The van der Waals surface area contributed by atoms with Crippen molar-refractivity contribution in [2.75, 3.05) is 7.11 Å².